The Morgan fingerprint density at radius 3 is 2.69 bits per heavy atom. The summed E-state index contributed by atoms with van der Waals surface area (Å²) in [6.07, 6.45) is 2.35. The minimum absolute atomic E-state index is 0.0877. The Morgan fingerprint density at radius 1 is 1.19 bits per heavy atom. The number of fused-ring (bicyclic) bond motifs is 1. The molecule has 1 heterocycles. The quantitative estimate of drug-likeness (QED) is 0.421. The van der Waals surface area contributed by atoms with Gasteiger partial charge in [-0.3, -0.25) is 9.79 Å². The van der Waals surface area contributed by atoms with Gasteiger partial charge in [0.1, 0.15) is 17.5 Å². The van der Waals surface area contributed by atoms with Crippen LogP contribution in [0.1, 0.15) is 36.8 Å². The molecule has 0 radical (unpaired) electrons. The molecule has 0 fully saturated rings. The summed E-state index contributed by atoms with van der Waals surface area (Å²) in [5.74, 6) is -2.01. The fourth-order valence-electron chi connectivity index (χ4n) is 3.83. The average molecular weight is 440 g/mol. The lowest BCUT2D eigenvalue weighted by Gasteiger charge is -2.23. The van der Waals surface area contributed by atoms with Crippen molar-refractivity contribution in [1.82, 2.24) is 5.32 Å². The first-order valence-corrected chi connectivity index (χ1v) is 10.6. The van der Waals surface area contributed by atoms with Crippen LogP contribution in [0.2, 0.25) is 0 Å². The molecule has 2 aromatic rings. The van der Waals surface area contributed by atoms with Gasteiger partial charge in [-0.25, -0.2) is 4.79 Å². The summed E-state index contributed by atoms with van der Waals surface area (Å²) in [6.45, 7) is 1.65. The lowest BCUT2D eigenvalue weighted by Crippen LogP contribution is -2.46. The van der Waals surface area contributed by atoms with Crippen molar-refractivity contribution in [3.8, 4) is 11.5 Å². The van der Waals surface area contributed by atoms with E-state index in [1.807, 2.05) is 24.3 Å². The van der Waals surface area contributed by atoms with Crippen LogP contribution in [0, 0.1) is 5.92 Å². The van der Waals surface area contributed by atoms with Crippen molar-refractivity contribution in [3.63, 3.8) is 0 Å². The molecule has 1 amide bonds. The van der Waals surface area contributed by atoms with E-state index in [2.05, 4.69) is 10.3 Å². The standard InChI is InChI=1S/C24H28N2O6/c1-2-32-24(31)21(12-17-14-25-20-6-4-3-5-19(17)20)26-23(30)16(9-10-27)11-15-7-8-18(28)13-22(15)29/h3-8,13-14,16-17,21,27-29H,2,9-12H2,1H3,(H,26,30). The largest absolute Gasteiger partial charge is 0.508 e. The van der Waals surface area contributed by atoms with Gasteiger partial charge in [0, 0.05) is 30.7 Å². The van der Waals surface area contributed by atoms with Gasteiger partial charge in [-0.05, 0) is 49.4 Å². The van der Waals surface area contributed by atoms with Crippen LogP contribution in [0.3, 0.4) is 0 Å². The molecule has 32 heavy (non-hydrogen) atoms. The van der Waals surface area contributed by atoms with Crippen LogP contribution in [-0.4, -0.2) is 52.7 Å². The molecule has 3 rings (SSSR count). The highest BCUT2D eigenvalue weighted by atomic mass is 16.5. The number of aromatic hydroxyl groups is 2. The monoisotopic (exact) mass is 440 g/mol. The van der Waals surface area contributed by atoms with Gasteiger partial charge in [0.15, 0.2) is 0 Å². The van der Waals surface area contributed by atoms with E-state index in [4.69, 9.17) is 4.74 Å². The van der Waals surface area contributed by atoms with Crippen molar-refractivity contribution < 1.29 is 29.6 Å². The number of amides is 1. The van der Waals surface area contributed by atoms with Gasteiger partial charge in [-0.1, -0.05) is 24.3 Å². The number of hydrogen-bond donors (Lipinski definition) is 4. The molecule has 3 unspecified atom stereocenters. The molecule has 0 bridgehead atoms. The Labute approximate surface area is 186 Å². The van der Waals surface area contributed by atoms with Gasteiger partial charge in [0.2, 0.25) is 5.91 Å². The number of hydrogen-bond acceptors (Lipinski definition) is 7. The molecule has 4 N–H and O–H groups in total. The zero-order valence-electron chi connectivity index (χ0n) is 17.9. The number of aliphatic imine (C=N–C) groups is 1. The number of phenolic OH excluding ortho intramolecular Hbond substituents is 2. The van der Waals surface area contributed by atoms with Crippen LogP contribution < -0.4 is 5.32 Å². The molecule has 1 aliphatic heterocycles. The van der Waals surface area contributed by atoms with Gasteiger partial charge in [0.05, 0.1) is 12.3 Å². The summed E-state index contributed by atoms with van der Waals surface area (Å²) in [7, 11) is 0. The number of aliphatic hydroxyl groups excluding tert-OH is 1. The van der Waals surface area contributed by atoms with Crippen molar-refractivity contribution in [2.24, 2.45) is 10.9 Å². The smallest absolute Gasteiger partial charge is 0.328 e. The Bertz CT molecular complexity index is 990. The number of ether oxygens (including phenoxy) is 1. The Kier molecular flexibility index (Phi) is 7.83. The second-order valence-electron chi connectivity index (χ2n) is 7.72. The third-order valence-corrected chi connectivity index (χ3v) is 5.49. The first-order chi connectivity index (χ1) is 15.4. The van der Waals surface area contributed by atoms with Crippen LogP contribution in [0.5, 0.6) is 11.5 Å². The van der Waals surface area contributed by atoms with Crippen molar-refractivity contribution >= 4 is 23.8 Å². The summed E-state index contributed by atoms with van der Waals surface area (Å²) >= 11 is 0. The molecule has 8 nitrogen and oxygen atoms in total. The molecule has 0 aromatic heterocycles. The number of rotatable bonds is 10. The topological polar surface area (TPSA) is 128 Å². The fraction of sp³-hybridized carbons (Fsp3) is 0.375. The first-order valence-electron chi connectivity index (χ1n) is 10.6. The number of benzene rings is 2. The van der Waals surface area contributed by atoms with Crippen LogP contribution in [0.25, 0.3) is 0 Å². The van der Waals surface area contributed by atoms with Crippen LogP contribution in [-0.2, 0) is 20.7 Å². The van der Waals surface area contributed by atoms with E-state index in [0.29, 0.717) is 12.0 Å². The van der Waals surface area contributed by atoms with Crippen LogP contribution >= 0.6 is 0 Å². The minimum atomic E-state index is -0.889. The molecule has 2 aromatic carbocycles. The van der Waals surface area contributed by atoms with Crippen LogP contribution in [0.4, 0.5) is 5.69 Å². The maximum Gasteiger partial charge on any atom is 0.328 e. The number of nitrogens with zero attached hydrogens (tertiary/aromatic N) is 1. The van der Waals surface area contributed by atoms with Gasteiger partial charge < -0.3 is 25.4 Å². The van der Waals surface area contributed by atoms with Crippen molar-refractivity contribution in [1.29, 1.82) is 0 Å². The Balaban J connectivity index is 1.75. The number of carbonyl (C=O) groups is 2. The van der Waals surface area contributed by atoms with E-state index in [1.54, 1.807) is 13.1 Å². The van der Waals surface area contributed by atoms with Crippen LogP contribution in [0.15, 0.2) is 47.5 Å². The van der Waals surface area contributed by atoms with Crippen molar-refractivity contribution in [2.75, 3.05) is 13.2 Å². The van der Waals surface area contributed by atoms with E-state index < -0.39 is 23.8 Å². The number of aliphatic hydroxyl groups is 1. The molecular weight excluding hydrogens is 412 g/mol. The zero-order chi connectivity index (χ0) is 23.1. The van der Waals surface area contributed by atoms with E-state index in [1.165, 1.54) is 18.2 Å². The van der Waals surface area contributed by atoms with E-state index in [9.17, 15) is 24.9 Å². The number of carbonyl (C=O) groups excluding carboxylic acids is 2. The molecule has 170 valence electrons. The predicted octanol–water partition coefficient (Wildman–Crippen LogP) is 2.58. The van der Waals surface area contributed by atoms with E-state index >= 15 is 0 Å². The third-order valence-electron chi connectivity index (χ3n) is 5.49. The van der Waals surface area contributed by atoms with Crippen molar-refractivity contribution in [2.45, 2.75) is 38.1 Å². The average Bonchev–Trinajstić information content (AvgIpc) is 3.17. The summed E-state index contributed by atoms with van der Waals surface area (Å²) in [6, 6.07) is 10.9. The summed E-state index contributed by atoms with van der Waals surface area (Å²) < 4.78 is 5.18. The second kappa shape index (κ2) is 10.8. The van der Waals surface area contributed by atoms with Gasteiger partial charge in [-0.15, -0.1) is 0 Å². The zero-order valence-corrected chi connectivity index (χ0v) is 17.9. The van der Waals surface area contributed by atoms with Crippen molar-refractivity contribution in [3.05, 3.63) is 53.6 Å². The van der Waals surface area contributed by atoms with Gasteiger partial charge in [-0.2, -0.15) is 0 Å². The molecule has 0 saturated heterocycles. The lowest BCUT2D eigenvalue weighted by molar-refractivity contribution is -0.148. The summed E-state index contributed by atoms with van der Waals surface area (Å²) in [5.41, 5.74) is 2.28. The third kappa shape index (κ3) is 5.64. The minimum Gasteiger partial charge on any atom is -0.508 e. The molecule has 3 atom stereocenters. The summed E-state index contributed by atoms with van der Waals surface area (Å²) in [5, 5.41) is 31.8. The lowest BCUT2D eigenvalue weighted by atomic mass is 9.92. The highest BCUT2D eigenvalue weighted by molar-refractivity contribution is 5.87. The molecule has 0 aliphatic carbocycles. The highest BCUT2D eigenvalue weighted by Crippen LogP contribution is 2.34. The maximum atomic E-state index is 13.1. The molecule has 0 saturated carbocycles. The first kappa shape index (κ1) is 23.3. The Hall–Kier alpha value is -3.39. The number of phenols is 2. The summed E-state index contributed by atoms with van der Waals surface area (Å²) in [4.78, 5) is 30.1. The van der Waals surface area contributed by atoms with E-state index in [0.717, 1.165) is 11.3 Å². The number of nitrogens with one attached hydrogen (secondary N) is 1. The molecular formula is C24H28N2O6. The normalized spacial score (nSPS) is 16.2. The fourth-order valence-corrected chi connectivity index (χ4v) is 3.83. The number of esters is 1. The second-order valence-corrected chi connectivity index (χ2v) is 7.72. The molecule has 8 heteroatoms. The van der Waals surface area contributed by atoms with Gasteiger partial charge >= 0.3 is 5.97 Å². The maximum absolute atomic E-state index is 13.1. The highest BCUT2D eigenvalue weighted by Gasteiger charge is 2.31. The Morgan fingerprint density at radius 2 is 1.97 bits per heavy atom. The molecule has 0 spiro atoms. The van der Waals surface area contributed by atoms with Gasteiger partial charge in [0.25, 0.3) is 0 Å². The molecule has 1 aliphatic rings. The number of para-hydroxylation sites is 1. The SMILES string of the molecule is CCOC(=O)C(CC1C=Nc2ccccc21)NC(=O)C(CCO)Cc1ccc(O)cc1O. The predicted molar refractivity (Wildman–Crippen MR) is 119 cm³/mol. The van der Waals surface area contributed by atoms with E-state index in [-0.39, 0.29) is 43.5 Å².